The first-order chi connectivity index (χ1) is 6.88. The van der Waals surface area contributed by atoms with E-state index in [1.165, 1.54) is 0 Å². The molecule has 0 aromatic heterocycles. The van der Waals surface area contributed by atoms with Crippen LogP contribution in [0.25, 0.3) is 5.53 Å². The summed E-state index contributed by atoms with van der Waals surface area (Å²) in [6.45, 7) is 0. The smallest absolute Gasteiger partial charge is 0.208 e. The summed E-state index contributed by atoms with van der Waals surface area (Å²) >= 11 is 0. The zero-order chi connectivity index (χ0) is 9.80. The molecule has 2 radical (unpaired) electrons. The molecule has 0 fully saturated rings. The SMILES string of the molecule is [N-]=[N+](c1[c]cccc1)c1[c]cccc1. The molecule has 2 nitrogen and oxygen atoms in total. The van der Waals surface area contributed by atoms with Gasteiger partial charge in [-0.05, 0) is 12.1 Å². The predicted octanol–water partition coefficient (Wildman–Crippen LogP) is 3.14. The van der Waals surface area contributed by atoms with E-state index in [0.29, 0.717) is 11.4 Å². The fourth-order valence-electron chi connectivity index (χ4n) is 1.16. The van der Waals surface area contributed by atoms with E-state index in [1.54, 1.807) is 24.3 Å². The molecule has 0 unspecified atom stereocenters. The monoisotopic (exact) mass is 180 g/mol. The van der Waals surface area contributed by atoms with Crippen LogP contribution in [-0.2, 0) is 0 Å². The van der Waals surface area contributed by atoms with Crippen LogP contribution in [0.15, 0.2) is 48.5 Å². The van der Waals surface area contributed by atoms with Gasteiger partial charge in [0.05, 0.1) is 12.1 Å². The minimum atomic E-state index is 0.606. The van der Waals surface area contributed by atoms with Gasteiger partial charge < -0.3 is 5.53 Å². The summed E-state index contributed by atoms with van der Waals surface area (Å²) < 4.78 is 1.06. The third kappa shape index (κ3) is 1.69. The Morgan fingerprint density at radius 1 is 0.857 bits per heavy atom. The summed E-state index contributed by atoms with van der Waals surface area (Å²) in [4.78, 5) is 0. The molecule has 66 valence electrons. The number of para-hydroxylation sites is 2. The van der Waals surface area contributed by atoms with E-state index in [4.69, 9.17) is 0 Å². The average molecular weight is 180 g/mol. The Hall–Kier alpha value is -1.96. The average Bonchev–Trinajstić information content (AvgIpc) is 2.30. The number of benzene rings is 2. The topological polar surface area (TPSA) is 25.3 Å². The molecule has 0 heterocycles. The molecule has 14 heavy (non-hydrogen) atoms. The van der Waals surface area contributed by atoms with Crippen molar-refractivity contribution in [3.05, 3.63) is 66.2 Å². The molecular formula is C12H8N2. The Kier molecular flexibility index (Phi) is 2.36. The normalized spacial score (nSPS) is 9.71. The van der Waals surface area contributed by atoms with E-state index in [1.807, 2.05) is 24.3 Å². The summed E-state index contributed by atoms with van der Waals surface area (Å²) in [5.41, 5.74) is 11.0. The fourth-order valence-corrected chi connectivity index (χ4v) is 1.16. The van der Waals surface area contributed by atoms with Gasteiger partial charge in [-0.3, -0.25) is 0 Å². The molecule has 0 aliphatic rings. The lowest BCUT2D eigenvalue weighted by atomic mass is 10.2. The lowest BCUT2D eigenvalue weighted by Gasteiger charge is -2.03. The molecule has 0 N–H and O–H groups in total. The van der Waals surface area contributed by atoms with Crippen molar-refractivity contribution in [1.29, 1.82) is 0 Å². The molecule has 0 atom stereocenters. The molecule has 0 saturated carbocycles. The van der Waals surface area contributed by atoms with Crippen LogP contribution >= 0.6 is 0 Å². The number of nitrogens with zero attached hydrogens (tertiary/aromatic N) is 2. The second-order valence-corrected chi connectivity index (χ2v) is 2.81. The summed E-state index contributed by atoms with van der Waals surface area (Å²) in [6.07, 6.45) is 0. The van der Waals surface area contributed by atoms with Crippen molar-refractivity contribution >= 4 is 11.4 Å². The zero-order valence-electron chi connectivity index (χ0n) is 7.51. The van der Waals surface area contributed by atoms with E-state index in [-0.39, 0.29) is 0 Å². The highest BCUT2D eigenvalue weighted by Crippen LogP contribution is 2.17. The Bertz CT molecular complexity index is 379. The number of rotatable bonds is 2. The second kappa shape index (κ2) is 3.83. The molecular weight excluding hydrogens is 172 g/mol. The maximum Gasteiger partial charge on any atom is 0.208 e. The summed E-state index contributed by atoms with van der Waals surface area (Å²) in [7, 11) is 0. The Morgan fingerprint density at radius 2 is 1.36 bits per heavy atom. The molecule has 0 spiro atoms. The minimum Gasteiger partial charge on any atom is -0.493 e. The molecule has 2 aromatic rings. The molecule has 2 rings (SSSR count). The van der Waals surface area contributed by atoms with Gasteiger partial charge >= 0.3 is 0 Å². The molecule has 0 amide bonds. The first kappa shape index (κ1) is 8.63. The van der Waals surface area contributed by atoms with Gasteiger partial charge in [0.1, 0.15) is 0 Å². The van der Waals surface area contributed by atoms with Crippen LogP contribution in [0, 0.1) is 12.1 Å². The number of hydrogen-bond acceptors (Lipinski definition) is 0. The highest BCUT2D eigenvalue weighted by atomic mass is 15.2. The van der Waals surface area contributed by atoms with Crippen LogP contribution in [0.2, 0.25) is 0 Å². The lowest BCUT2D eigenvalue weighted by molar-refractivity contribution is 1.05. The van der Waals surface area contributed by atoms with Crippen molar-refractivity contribution in [2.45, 2.75) is 0 Å². The molecule has 0 aliphatic carbocycles. The van der Waals surface area contributed by atoms with E-state index < -0.39 is 0 Å². The van der Waals surface area contributed by atoms with Gasteiger partial charge in [0.25, 0.3) is 0 Å². The Morgan fingerprint density at radius 3 is 1.71 bits per heavy atom. The third-order valence-corrected chi connectivity index (χ3v) is 1.84. The van der Waals surface area contributed by atoms with E-state index in [0.717, 1.165) is 4.70 Å². The molecule has 0 bridgehead atoms. The summed E-state index contributed by atoms with van der Waals surface area (Å²) in [6, 6.07) is 20.3. The fraction of sp³-hybridized carbons (Fsp3) is 0. The van der Waals surface area contributed by atoms with Crippen LogP contribution in [-0.4, -0.2) is 0 Å². The number of hydrogen-bond donors (Lipinski definition) is 0. The van der Waals surface area contributed by atoms with Gasteiger partial charge in [-0.1, -0.05) is 24.3 Å². The maximum atomic E-state index is 9.76. The first-order valence-electron chi connectivity index (χ1n) is 4.30. The van der Waals surface area contributed by atoms with Crippen LogP contribution < -0.4 is 4.70 Å². The van der Waals surface area contributed by atoms with Crippen molar-refractivity contribution in [3.8, 4) is 0 Å². The van der Waals surface area contributed by atoms with Gasteiger partial charge in [0, 0.05) is 12.1 Å². The van der Waals surface area contributed by atoms with Gasteiger partial charge in [0.2, 0.25) is 11.4 Å². The van der Waals surface area contributed by atoms with Gasteiger partial charge in [-0.25, -0.2) is 4.70 Å². The van der Waals surface area contributed by atoms with Crippen molar-refractivity contribution in [1.82, 2.24) is 4.70 Å². The third-order valence-electron chi connectivity index (χ3n) is 1.84. The zero-order valence-corrected chi connectivity index (χ0v) is 7.51. The van der Waals surface area contributed by atoms with E-state index >= 15 is 0 Å². The highest BCUT2D eigenvalue weighted by molar-refractivity contribution is 5.49. The van der Waals surface area contributed by atoms with Gasteiger partial charge in [0.15, 0.2) is 0 Å². The van der Waals surface area contributed by atoms with Crippen molar-refractivity contribution in [2.24, 2.45) is 0 Å². The van der Waals surface area contributed by atoms with Crippen LogP contribution in [0.4, 0.5) is 11.4 Å². The van der Waals surface area contributed by atoms with E-state index in [9.17, 15) is 5.53 Å². The van der Waals surface area contributed by atoms with Crippen molar-refractivity contribution in [3.63, 3.8) is 0 Å². The quantitative estimate of drug-likeness (QED) is 0.501. The van der Waals surface area contributed by atoms with Crippen LogP contribution in [0.1, 0.15) is 0 Å². The van der Waals surface area contributed by atoms with Gasteiger partial charge in [-0.2, -0.15) is 0 Å². The first-order valence-corrected chi connectivity index (χ1v) is 4.30. The standard InChI is InChI=1S/C12H8N2/c13-14(11-7-3-1-4-8-11)12-9-5-2-6-10-12/h1-7,9H. The van der Waals surface area contributed by atoms with Crippen LogP contribution in [0.5, 0.6) is 0 Å². The van der Waals surface area contributed by atoms with Crippen molar-refractivity contribution < 1.29 is 0 Å². The Balaban J connectivity index is 2.35. The molecule has 0 aliphatic heterocycles. The summed E-state index contributed by atoms with van der Waals surface area (Å²) in [5, 5.41) is 0. The minimum absolute atomic E-state index is 0.606. The largest absolute Gasteiger partial charge is 0.493 e. The summed E-state index contributed by atoms with van der Waals surface area (Å²) in [5.74, 6) is 0. The molecule has 2 aromatic carbocycles. The Labute approximate surface area is 82.9 Å². The predicted molar refractivity (Wildman–Crippen MR) is 55.4 cm³/mol. The molecule has 0 saturated heterocycles. The van der Waals surface area contributed by atoms with Gasteiger partial charge in [-0.15, -0.1) is 0 Å². The van der Waals surface area contributed by atoms with Crippen LogP contribution in [0.3, 0.4) is 0 Å². The highest BCUT2D eigenvalue weighted by Gasteiger charge is 2.04. The van der Waals surface area contributed by atoms with Crippen molar-refractivity contribution in [2.75, 3.05) is 0 Å². The lowest BCUT2D eigenvalue weighted by Crippen LogP contribution is -1.95. The molecule has 2 heteroatoms. The van der Waals surface area contributed by atoms with E-state index in [2.05, 4.69) is 12.1 Å². The second-order valence-electron chi connectivity index (χ2n) is 2.81. The maximum absolute atomic E-state index is 9.76.